The molecule has 0 saturated heterocycles. The summed E-state index contributed by atoms with van der Waals surface area (Å²) in [5.41, 5.74) is 8.78. The van der Waals surface area contributed by atoms with Crippen molar-refractivity contribution in [1.82, 2.24) is 9.88 Å². The van der Waals surface area contributed by atoms with E-state index in [2.05, 4.69) is 28.9 Å². The van der Waals surface area contributed by atoms with Crippen LogP contribution in [-0.4, -0.2) is 39.2 Å². The minimum absolute atomic E-state index is 0.161. The van der Waals surface area contributed by atoms with Crippen LogP contribution in [0, 0.1) is 0 Å². The van der Waals surface area contributed by atoms with Crippen LogP contribution in [-0.2, 0) is 6.54 Å². The van der Waals surface area contributed by atoms with Crippen molar-refractivity contribution in [2.24, 2.45) is 0 Å². The zero-order chi connectivity index (χ0) is 20.8. The molecule has 2 unspecified atom stereocenters. The predicted molar refractivity (Wildman–Crippen MR) is 115 cm³/mol. The molecule has 0 amide bonds. The highest BCUT2D eigenvalue weighted by atomic mass is 32.1. The van der Waals surface area contributed by atoms with Crippen LogP contribution in [0.4, 0.5) is 5.13 Å². The minimum atomic E-state index is -0.930. The zero-order valence-corrected chi connectivity index (χ0v) is 17.0. The van der Waals surface area contributed by atoms with Crippen molar-refractivity contribution in [3.05, 3.63) is 82.4 Å². The number of anilines is 1. The van der Waals surface area contributed by atoms with E-state index in [1.54, 1.807) is 17.5 Å². The first kappa shape index (κ1) is 21.0. The summed E-state index contributed by atoms with van der Waals surface area (Å²) in [4.78, 5) is 17.5. The van der Waals surface area contributed by atoms with Crippen LogP contribution in [0.25, 0.3) is 0 Å². The van der Waals surface area contributed by atoms with Gasteiger partial charge in [0.15, 0.2) is 5.13 Å². The summed E-state index contributed by atoms with van der Waals surface area (Å²) in [6, 6.07) is 17.1. The van der Waals surface area contributed by atoms with E-state index < -0.39 is 12.1 Å². The number of carboxylic acids is 1. The Morgan fingerprint density at radius 2 is 1.83 bits per heavy atom. The number of nitrogens with two attached hydrogens (primary N) is 1. The summed E-state index contributed by atoms with van der Waals surface area (Å²) in [6.07, 6.45) is -0.728. The van der Waals surface area contributed by atoms with Crippen LogP contribution in [0.3, 0.4) is 0 Å². The molecule has 0 aliphatic rings. The van der Waals surface area contributed by atoms with E-state index in [1.807, 2.05) is 30.3 Å². The quantitative estimate of drug-likeness (QED) is 0.496. The van der Waals surface area contributed by atoms with Gasteiger partial charge in [0.1, 0.15) is 6.10 Å². The van der Waals surface area contributed by atoms with Crippen LogP contribution < -0.4 is 5.73 Å². The molecule has 2 aromatic carbocycles. The van der Waals surface area contributed by atoms with E-state index >= 15 is 0 Å². The third-order valence-corrected chi connectivity index (χ3v) is 5.51. The molecule has 0 saturated carbocycles. The van der Waals surface area contributed by atoms with Gasteiger partial charge in [0.2, 0.25) is 0 Å². The lowest BCUT2D eigenvalue weighted by Crippen LogP contribution is -2.32. The number of nitrogen functional groups attached to an aromatic ring is 1. The van der Waals surface area contributed by atoms with Crippen LogP contribution in [0.2, 0.25) is 0 Å². The Kier molecular flexibility index (Phi) is 6.98. The molecule has 3 rings (SSSR count). The summed E-state index contributed by atoms with van der Waals surface area (Å²) < 4.78 is 0. The maximum absolute atomic E-state index is 11.1. The van der Waals surface area contributed by atoms with Crippen molar-refractivity contribution < 1.29 is 15.0 Å². The smallest absolute Gasteiger partial charge is 0.335 e. The Morgan fingerprint density at radius 1 is 1.14 bits per heavy atom. The lowest BCUT2D eigenvalue weighted by Gasteiger charge is -2.28. The first-order chi connectivity index (χ1) is 13.9. The molecule has 0 radical (unpaired) electrons. The van der Waals surface area contributed by atoms with E-state index in [0.717, 1.165) is 11.1 Å². The average Bonchev–Trinajstić information content (AvgIpc) is 3.15. The van der Waals surface area contributed by atoms with E-state index in [4.69, 9.17) is 10.8 Å². The third kappa shape index (κ3) is 5.87. The number of carbonyl (C=O) groups is 1. The van der Waals surface area contributed by atoms with Gasteiger partial charge in [0.05, 0.1) is 11.3 Å². The molecule has 1 heterocycles. The molecule has 7 heteroatoms. The van der Waals surface area contributed by atoms with E-state index in [0.29, 0.717) is 30.5 Å². The highest BCUT2D eigenvalue weighted by Crippen LogP contribution is 2.23. The first-order valence-corrected chi connectivity index (χ1v) is 10.3. The second-order valence-corrected chi connectivity index (χ2v) is 8.02. The topological polar surface area (TPSA) is 99.7 Å². The maximum atomic E-state index is 11.1. The van der Waals surface area contributed by atoms with Gasteiger partial charge < -0.3 is 15.9 Å². The number of hydrogen-bond donors (Lipinski definition) is 3. The summed E-state index contributed by atoms with van der Waals surface area (Å²) >= 11 is 1.32. The van der Waals surface area contributed by atoms with Gasteiger partial charge >= 0.3 is 5.97 Å². The van der Waals surface area contributed by atoms with Crippen molar-refractivity contribution in [2.75, 3.05) is 18.8 Å². The van der Waals surface area contributed by atoms with Crippen molar-refractivity contribution in [3.63, 3.8) is 0 Å². The normalized spacial score (nSPS) is 13.3. The standard InChI is InChI=1S/C22H25N3O3S/c1-15(17-7-9-18(10-8-17)21(27)28)11-25(12-16-5-3-2-4-6-16)13-20(26)19-14-29-22(23)24-19/h2-10,14-15,20,26H,11-13H2,1H3,(H2,23,24)(H,27,28). The monoisotopic (exact) mass is 411 g/mol. The molecule has 2 atom stereocenters. The number of hydrogen-bond acceptors (Lipinski definition) is 6. The number of thiazole rings is 1. The van der Waals surface area contributed by atoms with Crippen molar-refractivity contribution in [3.8, 4) is 0 Å². The Bertz CT molecular complexity index is 928. The molecule has 4 N–H and O–H groups in total. The Morgan fingerprint density at radius 3 is 2.41 bits per heavy atom. The number of benzene rings is 2. The average molecular weight is 412 g/mol. The van der Waals surface area contributed by atoms with Crippen LogP contribution in [0.1, 0.15) is 46.1 Å². The molecule has 0 fully saturated rings. The van der Waals surface area contributed by atoms with Gasteiger partial charge in [-0.25, -0.2) is 9.78 Å². The molecule has 1 aromatic heterocycles. The second-order valence-electron chi connectivity index (χ2n) is 7.13. The third-order valence-electron chi connectivity index (χ3n) is 4.82. The molecule has 6 nitrogen and oxygen atoms in total. The summed E-state index contributed by atoms with van der Waals surface area (Å²) in [5, 5.41) is 22.0. The summed E-state index contributed by atoms with van der Waals surface area (Å²) in [7, 11) is 0. The van der Waals surface area contributed by atoms with Crippen molar-refractivity contribution in [2.45, 2.75) is 25.5 Å². The lowest BCUT2D eigenvalue weighted by molar-refractivity contribution is 0.0696. The highest BCUT2D eigenvalue weighted by Gasteiger charge is 2.19. The number of aromatic nitrogens is 1. The summed E-state index contributed by atoms with van der Waals surface area (Å²) in [5.74, 6) is -0.769. The van der Waals surface area contributed by atoms with Crippen LogP contribution >= 0.6 is 11.3 Å². The molecule has 0 aliphatic heterocycles. The predicted octanol–water partition coefficient (Wildman–Crippen LogP) is 3.76. The van der Waals surface area contributed by atoms with E-state index in [-0.39, 0.29) is 11.5 Å². The van der Waals surface area contributed by atoms with Gasteiger partial charge in [0.25, 0.3) is 0 Å². The fourth-order valence-electron chi connectivity index (χ4n) is 3.28. The van der Waals surface area contributed by atoms with E-state index in [1.165, 1.54) is 11.3 Å². The van der Waals surface area contributed by atoms with Gasteiger partial charge in [-0.2, -0.15) is 0 Å². The van der Waals surface area contributed by atoms with Gasteiger partial charge in [-0.1, -0.05) is 49.4 Å². The van der Waals surface area contributed by atoms with Gasteiger partial charge in [0, 0.05) is 25.0 Å². The largest absolute Gasteiger partial charge is 0.478 e. The number of aliphatic hydroxyl groups excluding tert-OH is 1. The fraction of sp³-hybridized carbons (Fsp3) is 0.273. The number of rotatable bonds is 9. The fourth-order valence-corrected chi connectivity index (χ4v) is 3.89. The number of aliphatic hydroxyl groups is 1. The number of nitrogens with zero attached hydrogens (tertiary/aromatic N) is 2. The molecule has 0 bridgehead atoms. The number of aromatic carboxylic acids is 1. The SMILES string of the molecule is CC(CN(Cc1ccccc1)CC(O)c1csc(N)n1)c1ccc(C(=O)O)cc1. The molecule has 0 spiro atoms. The van der Waals surface area contributed by atoms with E-state index in [9.17, 15) is 9.90 Å². The molecular formula is C22H25N3O3S. The van der Waals surface area contributed by atoms with Crippen molar-refractivity contribution in [1.29, 1.82) is 0 Å². The zero-order valence-electron chi connectivity index (χ0n) is 16.2. The Hall–Kier alpha value is -2.74. The molecule has 29 heavy (non-hydrogen) atoms. The van der Waals surface area contributed by atoms with Crippen LogP contribution in [0.15, 0.2) is 60.0 Å². The first-order valence-electron chi connectivity index (χ1n) is 9.41. The lowest BCUT2D eigenvalue weighted by atomic mass is 9.98. The van der Waals surface area contributed by atoms with Gasteiger partial charge in [-0.15, -0.1) is 11.3 Å². The number of carboxylic acid groups (broad SMARTS) is 1. The highest BCUT2D eigenvalue weighted by molar-refractivity contribution is 7.13. The Balaban J connectivity index is 1.73. The minimum Gasteiger partial charge on any atom is -0.478 e. The van der Waals surface area contributed by atoms with Gasteiger partial charge in [-0.3, -0.25) is 4.90 Å². The maximum Gasteiger partial charge on any atom is 0.335 e. The molecule has 152 valence electrons. The molecular weight excluding hydrogens is 386 g/mol. The van der Waals surface area contributed by atoms with Crippen LogP contribution in [0.5, 0.6) is 0 Å². The van der Waals surface area contributed by atoms with Crippen molar-refractivity contribution >= 4 is 22.4 Å². The van der Waals surface area contributed by atoms with Gasteiger partial charge in [-0.05, 0) is 29.2 Å². The molecule has 3 aromatic rings. The second kappa shape index (κ2) is 9.65. The Labute approximate surface area is 174 Å². The summed E-state index contributed by atoms with van der Waals surface area (Å²) in [6.45, 7) is 3.92. The molecule has 0 aliphatic carbocycles.